The smallest absolute Gasteiger partial charge is 0.339 e. The molecular weight excluding hydrogens is 292 g/mol. The van der Waals surface area contributed by atoms with E-state index in [0.717, 1.165) is 18.4 Å². The maximum atomic E-state index is 11.7. The van der Waals surface area contributed by atoms with Crippen LogP contribution in [0.5, 0.6) is 5.75 Å². The van der Waals surface area contributed by atoms with Crippen molar-refractivity contribution in [2.75, 3.05) is 6.26 Å². The maximum absolute atomic E-state index is 11.7. The van der Waals surface area contributed by atoms with Crippen LogP contribution < -0.4 is 4.74 Å². The summed E-state index contributed by atoms with van der Waals surface area (Å²) >= 11 is 0. The fraction of sp³-hybridized carbons (Fsp3) is 0.533. The minimum atomic E-state index is -3.08. The number of carboxylic acid groups (broad SMARTS) is 1. The van der Waals surface area contributed by atoms with E-state index in [9.17, 15) is 18.3 Å². The Kier molecular flexibility index (Phi) is 4.56. The zero-order valence-corrected chi connectivity index (χ0v) is 13.0. The Balaban J connectivity index is 2.18. The molecule has 1 saturated carbocycles. The molecule has 1 aliphatic rings. The maximum Gasteiger partial charge on any atom is 0.339 e. The van der Waals surface area contributed by atoms with Gasteiger partial charge < -0.3 is 9.84 Å². The second kappa shape index (κ2) is 6.05. The van der Waals surface area contributed by atoms with Gasteiger partial charge in [-0.25, -0.2) is 13.2 Å². The van der Waals surface area contributed by atoms with E-state index >= 15 is 0 Å². The van der Waals surface area contributed by atoms with Crippen LogP contribution in [0.4, 0.5) is 0 Å². The van der Waals surface area contributed by atoms with E-state index in [4.69, 9.17) is 4.74 Å². The standard InChI is InChI=1S/C15H20O5S/c1-10-6-7-13(15(16)17)14(8-10)20-11-4-3-5-12(9-11)21(2,18)19/h6-8,11-12H,3-5,9H2,1-2H3,(H,16,17). The van der Waals surface area contributed by atoms with Gasteiger partial charge in [-0.05, 0) is 43.9 Å². The molecule has 2 unspecified atom stereocenters. The van der Waals surface area contributed by atoms with Crippen molar-refractivity contribution in [1.82, 2.24) is 0 Å². The molecule has 2 atom stereocenters. The number of benzene rings is 1. The van der Waals surface area contributed by atoms with Crippen molar-refractivity contribution in [3.05, 3.63) is 29.3 Å². The first-order valence-electron chi connectivity index (χ1n) is 6.97. The number of rotatable bonds is 4. The van der Waals surface area contributed by atoms with E-state index in [-0.39, 0.29) is 11.7 Å². The summed E-state index contributed by atoms with van der Waals surface area (Å²) in [6.45, 7) is 1.86. The van der Waals surface area contributed by atoms with Crippen LogP contribution in [-0.4, -0.2) is 37.1 Å². The van der Waals surface area contributed by atoms with Gasteiger partial charge in [0.1, 0.15) is 21.2 Å². The van der Waals surface area contributed by atoms with Crippen LogP contribution in [0.25, 0.3) is 0 Å². The van der Waals surface area contributed by atoms with E-state index in [0.29, 0.717) is 18.6 Å². The molecule has 1 aliphatic carbocycles. The third-order valence-corrected chi connectivity index (χ3v) is 5.48. The molecule has 1 aromatic carbocycles. The molecule has 6 heteroatoms. The van der Waals surface area contributed by atoms with Crippen molar-refractivity contribution in [2.24, 2.45) is 0 Å². The lowest BCUT2D eigenvalue weighted by atomic mass is 9.97. The highest BCUT2D eigenvalue weighted by Gasteiger charge is 2.30. The lowest BCUT2D eigenvalue weighted by molar-refractivity contribution is 0.0686. The zero-order valence-electron chi connectivity index (χ0n) is 12.2. The molecule has 5 nitrogen and oxygen atoms in total. The number of hydrogen-bond acceptors (Lipinski definition) is 4. The molecule has 0 heterocycles. The SMILES string of the molecule is Cc1ccc(C(=O)O)c(OC2CCCC(S(C)(=O)=O)C2)c1. The highest BCUT2D eigenvalue weighted by molar-refractivity contribution is 7.91. The van der Waals surface area contributed by atoms with Crippen molar-refractivity contribution in [2.45, 2.75) is 44.0 Å². The van der Waals surface area contributed by atoms with Gasteiger partial charge in [0, 0.05) is 12.7 Å². The van der Waals surface area contributed by atoms with E-state index in [2.05, 4.69) is 0 Å². The van der Waals surface area contributed by atoms with Gasteiger partial charge in [-0.15, -0.1) is 0 Å². The Bertz CT molecular complexity index is 635. The molecule has 116 valence electrons. The van der Waals surface area contributed by atoms with Gasteiger partial charge in [0.15, 0.2) is 0 Å². The molecule has 2 rings (SSSR count). The first-order chi connectivity index (χ1) is 9.77. The quantitative estimate of drug-likeness (QED) is 0.923. The number of hydrogen-bond donors (Lipinski definition) is 1. The predicted molar refractivity (Wildman–Crippen MR) is 79.7 cm³/mol. The summed E-state index contributed by atoms with van der Waals surface area (Å²) in [6, 6.07) is 4.92. The molecule has 1 N–H and O–H groups in total. The van der Waals surface area contributed by atoms with Gasteiger partial charge in [0.05, 0.1) is 11.4 Å². The first kappa shape index (κ1) is 15.8. The summed E-state index contributed by atoms with van der Waals surface area (Å²) in [5, 5.41) is 8.80. The Labute approximate surface area is 124 Å². The summed E-state index contributed by atoms with van der Waals surface area (Å²) in [4.78, 5) is 11.2. The van der Waals surface area contributed by atoms with Crippen molar-refractivity contribution in [3.63, 3.8) is 0 Å². The van der Waals surface area contributed by atoms with Crippen LogP contribution in [0.3, 0.4) is 0 Å². The van der Waals surface area contributed by atoms with Gasteiger partial charge in [-0.2, -0.15) is 0 Å². The monoisotopic (exact) mass is 312 g/mol. The first-order valence-corrected chi connectivity index (χ1v) is 8.92. The minimum Gasteiger partial charge on any atom is -0.489 e. The molecule has 21 heavy (non-hydrogen) atoms. The van der Waals surface area contributed by atoms with E-state index in [1.165, 1.54) is 12.3 Å². The number of carboxylic acids is 1. The van der Waals surface area contributed by atoms with Crippen LogP contribution in [0.15, 0.2) is 18.2 Å². The van der Waals surface area contributed by atoms with Crippen LogP contribution >= 0.6 is 0 Å². The van der Waals surface area contributed by atoms with E-state index in [1.54, 1.807) is 12.1 Å². The fourth-order valence-corrected chi connectivity index (χ4v) is 3.84. The van der Waals surface area contributed by atoms with Crippen molar-refractivity contribution >= 4 is 15.8 Å². The molecule has 0 saturated heterocycles. The second-order valence-corrected chi connectivity index (χ2v) is 7.99. The average Bonchev–Trinajstić information content (AvgIpc) is 2.37. The summed E-state index contributed by atoms with van der Waals surface area (Å²) in [7, 11) is -3.08. The molecule has 0 radical (unpaired) electrons. The summed E-state index contributed by atoms with van der Waals surface area (Å²) in [5.41, 5.74) is 1.02. The third-order valence-electron chi connectivity index (χ3n) is 3.84. The van der Waals surface area contributed by atoms with Crippen molar-refractivity contribution in [3.8, 4) is 5.75 Å². The normalized spacial score (nSPS) is 22.8. The fourth-order valence-electron chi connectivity index (χ4n) is 2.68. The highest BCUT2D eigenvalue weighted by Crippen LogP contribution is 2.29. The van der Waals surface area contributed by atoms with Gasteiger partial charge in [0.25, 0.3) is 0 Å². The second-order valence-electron chi connectivity index (χ2n) is 5.66. The predicted octanol–water partition coefficient (Wildman–Crippen LogP) is 2.43. The topological polar surface area (TPSA) is 80.7 Å². The molecule has 0 amide bonds. The molecule has 0 aliphatic heterocycles. The molecule has 0 aromatic heterocycles. The van der Waals surface area contributed by atoms with Gasteiger partial charge >= 0.3 is 5.97 Å². The summed E-state index contributed by atoms with van der Waals surface area (Å²) < 4.78 is 29.1. The highest BCUT2D eigenvalue weighted by atomic mass is 32.2. The van der Waals surface area contributed by atoms with Crippen LogP contribution in [0.2, 0.25) is 0 Å². The van der Waals surface area contributed by atoms with Crippen LogP contribution in [-0.2, 0) is 9.84 Å². The Morgan fingerprint density at radius 1 is 1.33 bits per heavy atom. The summed E-state index contributed by atoms with van der Waals surface area (Å²) in [5.74, 6) is -0.720. The van der Waals surface area contributed by atoms with E-state index < -0.39 is 21.1 Å². The van der Waals surface area contributed by atoms with Gasteiger partial charge in [-0.1, -0.05) is 6.07 Å². The average molecular weight is 312 g/mol. The third kappa shape index (κ3) is 3.97. The number of carbonyl (C=O) groups is 1. The lowest BCUT2D eigenvalue weighted by Crippen LogP contribution is -2.33. The Morgan fingerprint density at radius 2 is 2.05 bits per heavy atom. The minimum absolute atomic E-state index is 0.113. The lowest BCUT2D eigenvalue weighted by Gasteiger charge is -2.29. The number of sulfone groups is 1. The van der Waals surface area contributed by atoms with Crippen LogP contribution in [0, 0.1) is 6.92 Å². The molecule has 0 spiro atoms. The molecular formula is C15H20O5S. The van der Waals surface area contributed by atoms with Crippen molar-refractivity contribution in [1.29, 1.82) is 0 Å². The molecule has 0 bridgehead atoms. The Hall–Kier alpha value is -1.56. The molecule has 1 fully saturated rings. The van der Waals surface area contributed by atoms with E-state index in [1.807, 2.05) is 6.92 Å². The zero-order chi connectivity index (χ0) is 15.6. The largest absolute Gasteiger partial charge is 0.489 e. The van der Waals surface area contributed by atoms with Crippen LogP contribution in [0.1, 0.15) is 41.6 Å². The molecule has 1 aromatic rings. The number of aromatic carboxylic acids is 1. The Morgan fingerprint density at radius 3 is 2.67 bits per heavy atom. The van der Waals surface area contributed by atoms with Gasteiger partial charge in [-0.3, -0.25) is 0 Å². The summed E-state index contributed by atoms with van der Waals surface area (Å²) in [6.07, 6.45) is 3.59. The number of ether oxygens (including phenoxy) is 1. The van der Waals surface area contributed by atoms with Crippen molar-refractivity contribution < 1.29 is 23.1 Å². The van der Waals surface area contributed by atoms with Gasteiger partial charge in [0.2, 0.25) is 0 Å². The number of aryl methyl sites for hydroxylation is 1.